The van der Waals surface area contributed by atoms with Crippen LogP contribution in [-0.2, 0) is 10.0 Å². The molecule has 2 aromatic rings. The van der Waals surface area contributed by atoms with Gasteiger partial charge in [0, 0.05) is 50.7 Å². The van der Waals surface area contributed by atoms with E-state index in [0.29, 0.717) is 50.7 Å². The molecule has 0 N–H and O–H groups in total. The summed E-state index contributed by atoms with van der Waals surface area (Å²) < 4.78 is 26.7. The Labute approximate surface area is 183 Å². The zero-order valence-electron chi connectivity index (χ0n) is 18.1. The van der Waals surface area contributed by atoms with Gasteiger partial charge in [0.2, 0.25) is 10.0 Å². The Hall–Kier alpha value is -2.52. The Morgan fingerprint density at radius 1 is 0.968 bits per heavy atom. The highest BCUT2D eigenvalue weighted by Crippen LogP contribution is 2.38. The summed E-state index contributed by atoms with van der Waals surface area (Å²) in [5.41, 5.74) is 1.57. The third-order valence-corrected chi connectivity index (χ3v) is 8.07. The second-order valence-corrected chi connectivity index (χ2v) is 9.92. The molecule has 2 fully saturated rings. The Morgan fingerprint density at radius 3 is 2.13 bits per heavy atom. The number of anilines is 1. The normalized spacial score (nSPS) is 17.3. The van der Waals surface area contributed by atoms with Gasteiger partial charge in [0.1, 0.15) is 0 Å². The molecular formula is C22H29N5O3S. The van der Waals surface area contributed by atoms with Crippen molar-refractivity contribution in [3.05, 3.63) is 47.7 Å². The van der Waals surface area contributed by atoms with Crippen LogP contribution in [0.4, 0.5) is 5.82 Å². The molecule has 0 atom stereocenters. The van der Waals surface area contributed by atoms with Crippen molar-refractivity contribution in [1.29, 1.82) is 0 Å². The molecule has 1 saturated carbocycles. The molecule has 1 amide bonds. The van der Waals surface area contributed by atoms with Gasteiger partial charge in [0.15, 0.2) is 5.82 Å². The van der Waals surface area contributed by atoms with Crippen LogP contribution in [0, 0.1) is 0 Å². The van der Waals surface area contributed by atoms with Crippen LogP contribution < -0.4 is 4.90 Å². The SMILES string of the molecule is CCN(CC)S(=O)(=O)c1ccc(C(=O)N2CCN(c3ccc(C4CC4)nn3)CC2)cc1. The highest BCUT2D eigenvalue weighted by atomic mass is 32.2. The van der Waals surface area contributed by atoms with Crippen LogP contribution in [0.3, 0.4) is 0 Å². The molecule has 2 heterocycles. The summed E-state index contributed by atoms with van der Waals surface area (Å²) in [5, 5.41) is 8.71. The van der Waals surface area contributed by atoms with Crippen LogP contribution in [0.1, 0.15) is 48.7 Å². The Morgan fingerprint density at radius 2 is 1.61 bits per heavy atom. The quantitative estimate of drug-likeness (QED) is 0.653. The fourth-order valence-electron chi connectivity index (χ4n) is 3.90. The Bertz CT molecular complexity index is 1010. The minimum atomic E-state index is -3.52. The first-order valence-corrected chi connectivity index (χ1v) is 12.4. The van der Waals surface area contributed by atoms with Gasteiger partial charge in [-0.1, -0.05) is 13.8 Å². The monoisotopic (exact) mass is 443 g/mol. The maximum Gasteiger partial charge on any atom is 0.253 e. The van der Waals surface area contributed by atoms with E-state index in [1.54, 1.807) is 17.0 Å². The molecule has 1 aliphatic carbocycles. The molecule has 1 aromatic heterocycles. The van der Waals surface area contributed by atoms with Crippen molar-refractivity contribution in [2.75, 3.05) is 44.2 Å². The highest BCUT2D eigenvalue weighted by Gasteiger charge is 2.27. The maximum absolute atomic E-state index is 12.9. The first-order valence-electron chi connectivity index (χ1n) is 10.9. The summed E-state index contributed by atoms with van der Waals surface area (Å²) in [7, 11) is -3.52. The summed E-state index contributed by atoms with van der Waals surface area (Å²) in [5.74, 6) is 1.36. The molecule has 0 spiro atoms. The average molecular weight is 444 g/mol. The number of carbonyl (C=O) groups excluding carboxylic acids is 1. The topological polar surface area (TPSA) is 86.7 Å². The van der Waals surface area contributed by atoms with E-state index in [4.69, 9.17) is 0 Å². The summed E-state index contributed by atoms with van der Waals surface area (Å²) in [4.78, 5) is 17.1. The van der Waals surface area contributed by atoms with E-state index in [2.05, 4.69) is 21.2 Å². The lowest BCUT2D eigenvalue weighted by Gasteiger charge is -2.35. The molecule has 4 rings (SSSR count). The number of amides is 1. The predicted octanol–water partition coefficient (Wildman–Crippen LogP) is 2.35. The molecular weight excluding hydrogens is 414 g/mol. The molecule has 0 unspecified atom stereocenters. The van der Waals surface area contributed by atoms with Gasteiger partial charge in [-0.2, -0.15) is 9.40 Å². The molecule has 2 aliphatic rings. The van der Waals surface area contributed by atoms with E-state index >= 15 is 0 Å². The number of benzene rings is 1. The van der Waals surface area contributed by atoms with Crippen LogP contribution in [0.25, 0.3) is 0 Å². The fourth-order valence-corrected chi connectivity index (χ4v) is 5.36. The number of hydrogen-bond acceptors (Lipinski definition) is 6. The second-order valence-electron chi connectivity index (χ2n) is 7.98. The number of hydrogen-bond donors (Lipinski definition) is 0. The van der Waals surface area contributed by atoms with E-state index < -0.39 is 10.0 Å². The van der Waals surface area contributed by atoms with E-state index in [-0.39, 0.29) is 10.8 Å². The number of aromatic nitrogens is 2. The van der Waals surface area contributed by atoms with E-state index in [9.17, 15) is 13.2 Å². The molecule has 9 heteroatoms. The number of rotatable bonds is 7. The standard InChI is InChI=1S/C22H29N5O3S/c1-3-27(4-2)31(29,30)19-9-7-18(8-10-19)22(28)26-15-13-25(14-16-26)21-12-11-20(23-24-21)17-5-6-17/h7-12,17H,3-6,13-16H2,1-2H3. The summed E-state index contributed by atoms with van der Waals surface area (Å²) >= 11 is 0. The third-order valence-electron chi connectivity index (χ3n) is 6.00. The lowest BCUT2D eigenvalue weighted by Crippen LogP contribution is -2.49. The van der Waals surface area contributed by atoms with Crippen LogP contribution in [0.5, 0.6) is 0 Å². The third kappa shape index (κ3) is 4.57. The molecule has 166 valence electrons. The number of nitrogens with zero attached hydrogens (tertiary/aromatic N) is 5. The minimum Gasteiger partial charge on any atom is -0.352 e. The minimum absolute atomic E-state index is 0.0818. The van der Waals surface area contributed by atoms with Crippen molar-refractivity contribution in [1.82, 2.24) is 19.4 Å². The Kier molecular flexibility index (Phi) is 6.24. The highest BCUT2D eigenvalue weighted by molar-refractivity contribution is 7.89. The van der Waals surface area contributed by atoms with Crippen molar-refractivity contribution in [3.8, 4) is 0 Å². The first-order chi connectivity index (χ1) is 14.9. The van der Waals surface area contributed by atoms with Crippen LogP contribution >= 0.6 is 0 Å². The maximum atomic E-state index is 12.9. The summed E-state index contributed by atoms with van der Waals surface area (Å²) in [6.45, 7) is 7.01. The van der Waals surface area contributed by atoms with Crippen LogP contribution in [-0.4, -0.2) is 73.0 Å². The van der Waals surface area contributed by atoms with Crippen molar-refractivity contribution in [3.63, 3.8) is 0 Å². The van der Waals surface area contributed by atoms with Gasteiger partial charge >= 0.3 is 0 Å². The number of piperazine rings is 1. The van der Waals surface area contributed by atoms with Gasteiger partial charge in [-0.15, -0.1) is 5.10 Å². The summed E-state index contributed by atoms with van der Waals surface area (Å²) in [6, 6.07) is 10.3. The van der Waals surface area contributed by atoms with Gasteiger partial charge < -0.3 is 9.80 Å². The molecule has 31 heavy (non-hydrogen) atoms. The second kappa shape index (κ2) is 8.92. The smallest absolute Gasteiger partial charge is 0.253 e. The van der Waals surface area contributed by atoms with Gasteiger partial charge in [-0.3, -0.25) is 4.79 Å². The number of sulfonamides is 1. The van der Waals surface area contributed by atoms with Gasteiger partial charge in [-0.25, -0.2) is 8.42 Å². The predicted molar refractivity (Wildman–Crippen MR) is 119 cm³/mol. The zero-order valence-corrected chi connectivity index (χ0v) is 18.9. The lowest BCUT2D eigenvalue weighted by molar-refractivity contribution is 0.0746. The molecule has 0 radical (unpaired) electrons. The molecule has 1 aromatic carbocycles. The molecule has 1 saturated heterocycles. The van der Waals surface area contributed by atoms with Gasteiger partial charge in [0.25, 0.3) is 5.91 Å². The van der Waals surface area contributed by atoms with E-state index in [1.165, 1.54) is 29.3 Å². The fraction of sp³-hybridized carbons (Fsp3) is 0.500. The largest absolute Gasteiger partial charge is 0.352 e. The van der Waals surface area contributed by atoms with E-state index in [0.717, 1.165) is 11.5 Å². The Balaban J connectivity index is 1.37. The summed E-state index contributed by atoms with van der Waals surface area (Å²) in [6.07, 6.45) is 2.41. The molecule has 8 nitrogen and oxygen atoms in total. The van der Waals surface area contributed by atoms with Crippen LogP contribution in [0.15, 0.2) is 41.3 Å². The lowest BCUT2D eigenvalue weighted by atomic mass is 10.2. The molecule has 1 aliphatic heterocycles. The van der Waals surface area contributed by atoms with E-state index in [1.807, 2.05) is 19.9 Å². The average Bonchev–Trinajstić information content (AvgIpc) is 3.65. The van der Waals surface area contributed by atoms with Crippen molar-refractivity contribution < 1.29 is 13.2 Å². The van der Waals surface area contributed by atoms with Crippen molar-refractivity contribution in [2.45, 2.75) is 37.5 Å². The van der Waals surface area contributed by atoms with Crippen molar-refractivity contribution >= 4 is 21.7 Å². The zero-order chi connectivity index (χ0) is 22.0. The van der Waals surface area contributed by atoms with Crippen molar-refractivity contribution in [2.24, 2.45) is 0 Å². The van der Waals surface area contributed by atoms with Gasteiger partial charge in [0.05, 0.1) is 10.6 Å². The number of carbonyl (C=O) groups is 1. The van der Waals surface area contributed by atoms with Crippen LogP contribution in [0.2, 0.25) is 0 Å². The van der Waals surface area contributed by atoms with Gasteiger partial charge in [-0.05, 0) is 49.2 Å². The molecule has 0 bridgehead atoms. The first kappa shape index (κ1) is 21.7.